The fourth-order valence-corrected chi connectivity index (χ4v) is 1.69. The van der Waals surface area contributed by atoms with E-state index in [1.54, 1.807) is 0 Å². The highest BCUT2D eigenvalue weighted by molar-refractivity contribution is 9.10. The second-order valence-corrected chi connectivity index (χ2v) is 4.38. The molecule has 1 aromatic carbocycles. The van der Waals surface area contributed by atoms with Gasteiger partial charge in [0, 0.05) is 4.47 Å². The van der Waals surface area contributed by atoms with E-state index in [9.17, 15) is 4.79 Å². The van der Waals surface area contributed by atoms with Crippen LogP contribution in [0, 0.1) is 5.92 Å². The molecule has 0 N–H and O–H groups in total. The molecule has 1 aromatic rings. The Morgan fingerprint density at radius 2 is 2.29 bits per heavy atom. The number of rotatable bonds is 4. The molecule has 1 aliphatic rings. The lowest BCUT2D eigenvalue weighted by molar-refractivity contribution is 0.111. The normalized spacial score (nSPS) is 15.2. The first kappa shape index (κ1) is 9.71. The maximum Gasteiger partial charge on any atom is 0.154 e. The number of hydrogen-bond acceptors (Lipinski definition) is 2. The van der Waals surface area contributed by atoms with E-state index in [0.717, 1.165) is 17.4 Å². The van der Waals surface area contributed by atoms with Gasteiger partial charge in [-0.05, 0) is 46.8 Å². The molecule has 1 aliphatic carbocycles. The van der Waals surface area contributed by atoms with Gasteiger partial charge in [0.2, 0.25) is 0 Å². The largest absolute Gasteiger partial charge is 0.493 e. The molecule has 0 aromatic heterocycles. The highest BCUT2D eigenvalue weighted by Gasteiger charge is 2.22. The summed E-state index contributed by atoms with van der Waals surface area (Å²) in [7, 11) is 0. The van der Waals surface area contributed by atoms with Crippen LogP contribution in [0.5, 0.6) is 5.75 Å². The lowest BCUT2D eigenvalue weighted by Gasteiger charge is -2.08. The van der Waals surface area contributed by atoms with Crippen LogP contribution in [0.1, 0.15) is 23.2 Å². The second-order valence-electron chi connectivity index (χ2n) is 3.52. The van der Waals surface area contributed by atoms with E-state index in [2.05, 4.69) is 15.9 Å². The highest BCUT2D eigenvalue weighted by Crippen LogP contribution is 2.31. The second kappa shape index (κ2) is 4.13. The van der Waals surface area contributed by atoms with Crippen LogP contribution in [0.25, 0.3) is 0 Å². The van der Waals surface area contributed by atoms with Gasteiger partial charge in [-0.15, -0.1) is 0 Å². The molecule has 1 fully saturated rings. The predicted molar refractivity (Wildman–Crippen MR) is 57.7 cm³/mol. The Labute approximate surface area is 91.4 Å². The average Bonchev–Trinajstić information content (AvgIpc) is 2.98. The SMILES string of the molecule is O=Cc1c(Br)cccc1OCC1CC1. The van der Waals surface area contributed by atoms with Crippen LogP contribution >= 0.6 is 15.9 Å². The summed E-state index contributed by atoms with van der Waals surface area (Å²) in [6.45, 7) is 0.733. The van der Waals surface area contributed by atoms with Crippen molar-refractivity contribution in [2.75, 3.05) is 6.61 Å². The molecule has 0 heterocycles. The van der Waals surface area contributed by atoms with E-state index in [1.807, 2.05) is 18.2 Å². The number of aldehydes is 1. The van der Waals surface area contributed by atoms with E-state index >= 15 is 0 Å². The Morgan fingerprint density at radius 1 is 1.50 bits per heavy atom. The number of benzene rings is 1. The maximum absolute atomic E-state index is 10.8. The summed E-state index contributed by atoms with van der Waals surface area (Å²) in [6, 6.07) is 5.55. The topological polar surface area (TPSA) is 26.3 Å². The lowest BCUT2D eigenvalue weighted by Crippen LogP contribution is -2.01. The van der Waals surface area contributed by atoms with E-state index < -0.39 is 0 Å². The van der Waals surface area contributed by atoms with Gasteiger partial charge in [-0.1, -0.05) is 6.07 Å². The zero-order chi connectivity index (χ0) is 9.97. The molecule has 0 bridgehead atoms. The van der Waals surface area contributed by atoms with Crippen LogP contribution in [0.2, 0.25) is 0 Å². The van der Waals surface area contributed by atoms with E-state index in [1.165, 1.54) is 12.8 Å². The predicted octanol–water partition coefficient (Wildman–Crippen LogP) is 3.05. The number of hydrogen-bond donors (Lipinski definition) is 0. The van der Waals surface area contributed by atoms with Crippen LogP contribution < -0.4 is 4.74 Å². The van der Waals surface area contributed by atoms with Crippen molar-refractivity contribution in [3.63, 3.8) is 0 Å². The van der Waals surface area contributed by atoms with Gasteiger partial charge >= 0.3 is 0 Å². The standard InChI is InChI=1S/C11H11BrO2/c12-10-2-1-3-11(9(10)6-13)14-7-8-4-5-8/h1-3,6,8H,4-5,7H2. The zero-order valence-electron chi connectivity index (χ0n) is 7.70. The third kappa shape index (κ3) is 2.15. The molecule has 1 saturated carbocycles. The zero-order valence-corrected chi connectivity index (χ0v) is 9.29. The minimum atomic E-state index is 0.605. The van der Waals surface area contributed by atoms with Crippen molar-refractivity contribution in [1.29, 1.82) is 0 Å². The van der Waals surface area contributed by atoms with Crippen molar-refractivity contribution in [3.05, 3.63) is 28.2 Å². The van der Waals surface area contributed by atoms with Crippen molar-refractivity contribution in [1.82, 2.24) is 0 Å². The minimum absolute atomic E-state index is 0.605. The molecule has 0 radical (unpaired) electrons. The summed E-state index contributed by atoms with van der Waals surface area (Å²) in [6.07, 6.45) is 3.33. The summed E-state index contributed by atoms with van der Waals surface area (Å²) in [4.78, 5) is 10.8. The first-order valence-electron chi connectivity index (χ1n) is 4.67. The van der Waals surface area contributed by atoms with Crippen molar-refractivity contribution >= 4 is 22.2 Å². The molecule has 3 heteroatoms. The molecule has 0 atom stereocenters. The fraction of sp³-hybridized carbons (Fsp3) is 0.364. The summed E-state index contributed by atoms with van der Waals surface area (Å²) in [5.74, 6) is 1.38. The van der Waals surface area contributed by atoms with Gasteiger partial charge < -0.3 is 4.74 Å². The van der Waals surface area contributed by atoms with Crippen LogP contribution in [-0.4, -0.2) is 12.9 Å². The van der Waals surface area contributed by atoms with E-state index in [4.69, 9.17) is 4.74 Å². The Balaban J connectivity index is 2.13. The van der Waals surface area contributed by atoms with Crippen molar-refractivity contribution in [2.45, 2.75) is 12.8 Å². The Kier molecular flexibility index (Phi) is 2.87. The van der Waals surface area contributed by atoms with Gasteiger partial charge in [-0.3, -0.25) is 4.79 Å². The number of halogens is 1. The monoisotopic (exact) mass is 254 g/mol. The van der Waals surface area contributed by atoms with Gasteiger partial charge in [0.05, 0.1) is 12.2 Å². The molecular formula is C11H11BrO2. The van der Waals surface area contributed by atoms with Gasteiger partial charge in [0.15, 0.2) is 6.29 Å². The number of carbonyl (C=O) groups is 1. The molecule has 0 saturated heterocycles. The van der Waals surface area contributed by atoms with Crippen LogP contribution in [0.15, 0.2) is 22.7 Å². The van der Waals surface area contributed by atoms with E-state index in [-0.39, 0.29) is 0 Å². The molecule has 74 valence electrons. The molecule has 2 nitrogen and oxygen atoms in total. The Hall–Kier alpha value is -0.830. The third-order valence-electron chi connectivity index (χ3n) is 2.30. The molecule has 2 rings (SSSR count). The number of ether oxygens (including phenoxy) is 1. The molecule has 0 spiro atoms. The van der Waals surface area contributed by atoms with Gasteiger partial charge in [0.1, 0.15) is 5.75 Å². The lowest BCUT2D eigenvalue weighted by atomic mass is 10.2. The highest BCUT2D eigenvalue weighted by atomic mass is 79.9. The Morgan fingerprint density at radius 3 is 2.93 bits per heavy atom. The smallest absolute Gasteiger partial charge is 0.154 e. The number of carbonyl (C=O) groups excluding carboxylic acids is 1. The molecule has 0 amide bonds. The van der Waals surface area contributed by atoms with Crippen LogP contribution in [0.4, 0.5) is 0 Å². The van der Waals surface area contributed by atoms with Gasteiger partial charge in [0.25, 0.3) is 0 Å². The molecule has 0 unspecified atom stereocenters. The summed E-state index contributed by atoms with van der Waals surface area (Å²) < 4.78 is 6.36. The van der Waals surface area contributed by atoms with Crippen LogP contribution in [0.3, 0.4) is 0 Å². The van der Waals surface area contributed by atoms with E-state index in [0.29, 0.717) is 17.2 Å². The average molecular weight is 255 g/mol. The maximum atomic E-state index is 10.8. The molecule has 14 heavy (non-hydrogen) atoms. The first-order valence-corrected chi connectivity index (χ1v) is 5.47. The first-order chi connectivity index (χ1) is 6.81. The minimum Gasteiger partial charge on any atom is -0.493 e. The quantitative estimate of drug-likeness (QED) is 0.773. The molecular weight excluding hydrogens is 244 g/mol. The van der Waals surface area contributed by atoms with Crippen LogP contribution in [-0.2, 0) is 0 Å². The summed E-state index contributed by atoms with van der Waals surface area (Å²) in [5, 5.41) is 0. The summed E-state index contributed by atoms with van der Waals surface area (Å²) >= 11 is 3.32. The van der Waals surface area contributed by atoms with Crippen molar-refractivity contribution in [3.8, 4) is 5.75 Å². The summed E-state index contributed by atoms with van der Waals surface area (Å²) in [5.41, 5.74) is 0.605. The van der Waals surface area contributed by atoms with Crippen molar-refractivity contribution < 1.29 is 9.53 Å². The molecule has 0 aliphatic heterocycles. The fourth-order valence-electron chi connectivity index (χ4n) is 1.25. The third-order valence-corrected chi connectivity index (χ3v) is 2.99. The Bertz CT molecular complexity index is 345. The van der Waals surface area contributed by atoms with Gasteiger partial charge in [-0.25, -0.2) is 0 Å². The van der Waals surface area contributed by atoms with Gasteiger partial charge in [-0.2, -0.15) is 0 Å². The van der Waals surface area contributed by atoms with Crippen molar-refractivity contribution in [2.24, 2.45) is 5.92 Å².